The highest BCUT2D eigenvalue weighted by molar-refractivity contribution is 6.10. The number of fused-ring (bicyclic) bond motifs is 1. The van der Waals surface area contributed by atoms with Gasteiger partial charge in [0, 0.05) is 12.6 Å². The average molecular weight is 345 g/mol. The molecule has 7 nitrogen and oxygen atoms in total. The van der Waals surface area contributed by atoms with E-state index in [-0.39, 0.29) is 35.8 Å². The van der Waals surface area contributed by atoms with Gasteiger partial charge >= 0.3 is 0 Å². The molecule has 134 valence electrons. The smallest absolute Gasteiger partial charge is 0.254 e. The Kier molecular flexibility index (Phi) is 4.76. The summed E-state index contributed by atoms with van der Waals surface area (Å²) >= 11 is 0. The van der Waals surface area contributed by atoms with Crippen molar-refractivity contribution in [2.75, 3.05) is 11.9 Å². The fraction of sp³-hybridized carbons (Fsp3) is 0.500. The first-order valence-electron chi connectivity index (χ1n) is 8.48. The first-order chi connectivity index (χ1) is 11.8. The quantitative estimate of drug-likeness (QED) is 0.767. The maximum atomic E-state index is 12.3. The number of rotatable bonds is 3. The van der Waals surface area contributed by atoms with Crippen LogP contribution in [-0.4, -0.2) is 42.0 Å². The van der Waals surface area contributed by atoms with E-state index in [1.807, 2.05) is 13.8 Å². The summed E-state index contributed by atoms with van der Waals surface area (Å²) in [4.78, 5) is 36.9. The van der Waals surface area contributed by atoms with E-state index in [1.165, 1.54) is 0 Å². The van der Waals surface area contributed by atoms with E-state index >= 15 is 0 Å². The Bertz CT molecular complexity index is 701. The summed E-state index contributed by atoms with van der Waals surface area (Å²) in [6.45, 7) is 4.57. The van der Waals surface area contributed by atoms with E-state index in [9.17, 15) is 14.4 Å². The van der Waals surface area contributed by atoms with Gasteiger partial charge in [-0.15, -0.1) is 0 Å². The highest BCUT2D eigenvalue weighted by Crippen LogP contribution is 2.24. The predicted octanol–water partition coefficient (Wildman–Crippen LogP) is 1.20. The number of amides is 3. The van der Waals surface area contributed by atoms with E-state index < -0.39 is 6.04 Å². The monoisotopic (exact) mass is 345 g/mol. The number of anilines is 1. The van der Waals surface area contributed by atoms with Crippen LogP contribution in [0.15, 0.2) is 24.3 Å². The van der Waals surface area contributed by atoms with Crippen molar-refractivity contribution in [1.29, 1.82) is 0 Å². The van der Waals surface area contributed by atoms with Gasteiger partial charge in [-0.2, -0.15) is 0 Å². The van der Waals surface area contributed by atoms with Gasteiger partial charge in [-0.1, -0.05) is 12.1 Å². The minimum Gasteiger partial charge on any atom is -0.375 e. The molecule has 2 heterocycles. The summed E-state index contributed by atoms with van der Waals surface area (Å²) in [5.41, 5.74) is 0.579. The molecule has 3 rings (SSSR count). The van der Waals surface area contributed by atoms with Crippen LogP contribution in [0.25, 0.3) is 0 Å². The summed E-state index contributed by atoms with van der Waals surface area (Å²) in [5.74, 6) is -1.01. The van der Waals surface area contributed by atoms with E-state index in [0.29, 0.717) is 24.3 Å². The molecule has 2 atom stereocenters. The Balaban J connectivity index is 1.62. The van der Waals surface area contributed by atoms with Crippen molar-refractivity contribution in [1.82, 2.24) is 10.6 Å². The minimum atomic E-state index is -0.896. The van der Waals surface area contributed by atoms with Crippen molar-refractivity contribution in [3.05, 3.63) is 29.8 Å². The summed E-state index contributed by atoms with van der Waals surface area (Å²) in [7, 11) is 0. The lowest BCUT2D eigenvalue weighted by molar-refractivity contribution is -0.127. The van der Waals surface area contributed by atoms with E-state index in [1.54, 1.807) is 24.3 Å². The van der Waals surface area contributed by atoms with Gasteiger partial charge in [0.25, 0.3) is 5.91 Å². The van der Waals surface area contributed by atoms with Crippen molar-refractivity contribution in [3.8, 4) is 0 Å². The van der Waals surface area contributed by atoms with Crippen LogP contribution < -0.4 is 16.0 Å². The van der Waals surface area contributed by atoms with Crippen molar-refractivity contribution in [2.24, 2.45) is 0 Å². The standard InChI is InChI=1S/C18H23N3O4/c1-18(2)10-11(7-8-25-18)19-15(22)9-14-17(24)20-13-6-4-3-5-12(13)16(23)21-14/h3-6,11,14H,7-10H2,1-2H3,(H,19,22)(H,20,24)(H,21,23)/t11-,14+/m0/s1. The van der Waals surface area contributed by atoms with E-state index in [4.69, 9.17) is 4.74 Å². The highest BCUT2D eigenvalue weighted by atomic mass is 16.5. The number of carbonyl (C=O) groups is 3. The Morgan fingerprint density at radius 1 is 1.32 bits per heavy atom. The molecule has 1 aromatic rings. The van der Waals surface area contributed by atoms with Gasteiger partial charge in [0.05, 0.1) is 23.3 Å². The molecule has 0 saturated carbocycles. The third-order valence-corrected chi connectivity index (χ3v) is 4.50. The van der Waals surface area contributed by atoms with Gasteiger partial charge in [-0.25, -0.2) is 0 Å². The van der Waals surface area contributed by atoms with Crippen LogP contribution in [-0.2, 0) is 14.3 Å². The van der Waals surface area contributed by atoms with Crippen LogP contribution in [0.1, 0.15) is 43.5 Å². The normalized spacial score (nSPS) is 25.2. The van der Waals surface area contributed by atoms with Gasteiger partial charge in [0.15, 0.2) is 0 Å². The lowest BCUT2D eigenvalue weighted by atomic mass is 9.94. The molecule has 7 heteroatoms. The summed E-state index contributed by atoms with van der Waals surface area (Å²) in [5, 5.41) is 8.28. The summed E-state index contributed by atoms with van der Waals surface area (Å²) < 4.78 is 5.64. The molecular weight excluding hydrogens is 322 g/mol. The molecule has 0 aliphatic carbocycles. The van der Waals surface area contributed by atoms with Crippen LogP contribution >= 0.6 is 0 Å². The number of para-hydroxylation sites is 1. The number of hydrogen-bond donors (Lipinski definition) is 3. The lowest BCUT2D eigenvalue weighted by Gasteiger charge is -2.36. The number of ether oxygens (including phenoxy) is 1. The topological polar surface area (TPSA) is 96.5 Å². The first kappa shape index (κ1) is 17.4. The molecule has 0 radical (unpaired) electrons. The van der Waals surface area contributed by atoms with Crippen LogP contribution in [0, 0.1) is 0 Å². The lowest BCUT2D eigenvalue weighted by Crippen LogP contribution is -2.49. The zero-order valence-electron chi connectivity index (χ0n) is 14.4. The molecule has 0 unspecified atom stereocenters. The SMILES string of the molecule is CC1(C)C[C@@H](NC(=O)C[C@H]2NC(=O)c3ccccc3NC2=O)CCO1. The predicted molar refractivity (Wildman–Crippen MR) is 92.1 cm³/mol. The van der Waals surface area contributed by atoms with Gasteiger partial charge in [-0.3, -0.25) is 14.4 Å². The first-order valence-corrected chi connectivity index (χ1v) is 8.48. The molecule has 1 fully saturated rings. The molecule has 2 aliphatic heterocycles. The molecule has 1 saturated heterocycles. The average Bonchev–Trinajstić information content (AvgIpc) is 2.64. The number of benzene rings is 1. The summed E-state index contributed by atoms with van der Waals surface area (Å²) in [6.07, 6.45) is 1.36. The highest BCUT2D eigenvalue weighted by Gasteiger charge is 2.32. The van der Waals surface area contributed by atoms with Crippen LogP contribution in [0.2, 0.25) is 0 Å². The van der Waals surface area contributed by atoms with E-state index in [0.717, 1.165) is 6.42 Å². The molecule has 1 aromatic carbocycles. The second-order valence-corrected chi connectivity index (χ2v) is 7.13. The van der Waals surface area contributed by atoms with Crippen molar-refractivity contribution >= 4 is 23.4 Å². The van der Waals surface area contributed by atoms with Gasteiger partial charge in [0.1, 0.15) is 6.04 Å². The Labute approximate surface area is 146 Å². The molecule has 0 bridgehead atoms. The Morgan fingerprint density at radius 3 is 2.84 bits per heavy atom. The van der Waals surface area contributed by atoms with E-state index in [2.05, 4.69) is 16.0 Å². The van der Waals surface area contributed by atoms with Crippen molar-refractivity contribution in [3.63, 3.8) is 0 Å². The molecule has 3 N–H and O–H groups in total. The molecule has 0 spiro atoms. The molecule has 2 aliphatic rings. The fourth-order valence-corrected chi connectivity index (χ4v) is 3.28. The second kappa shape index (κ2) is 6.84. The second-order valence-electron chi connectivity index (χ2n) is 7.13. The maximum Gasteiger partial charge on any atom is 0.254 e. The molecule has 25 heavy (non-hydrogen) atoms. The zero-order valence-corrected chi connectivity index (χ0v) is 14.4. The van der Waals surface area contributed by atoms with Crippen LogP contribution in [0.4, 0.5) is 5.69 Å². The minimum absolute atomic E-state index is 0.0120. The van der Waals surface area contributed by atoms with Gasteiger partial charge in [-0.05, 0) is 38.8 Å². The van der Waals surface area contributed by atoms with Gasteiger partial charge in [0.2, 0.25) is 11.8 Å². The maximum absolute atomic E-state index is 12.3. The number of carbonyl (C=O) groups excluding carboxylic acids is 3. The Morgan fingerprint density at radius 2 is 2.08 bits per heavy atom. The largest absolute Gasteiger partial charge is 0.375 e. The van der Waals surface area contributed by atoms with Crippen molar-refractivity contribution in [2.45, 2.75) is 50.8 Å². The van der Waals surface area contributed by atoms with Crippen LogP contribution in [0.3, 0.4) is 0 Å². The zero-order chi connectivity index (χ0) is 18.0. The number of hydrogen-bond acceptors (Lipinski definition) is 4. The number of nitrogens with one attached hydrogen (secondary N) is 3. The van der Waals surface area contributed by atoms with Crippen molar-refractivity contribution < 1.29 is 19.1 Å². The fourth-order valence-electron chi connectivity index (χ4n) is 3.28. The third kappa shape index (κ3) is 4.17. The van der Waals surface area contributed by atoms with Crippen LogP contribution in [0.5, 0.6) is 0 Å². The molecule has 0 aromatic heterocycles. The summed E-state index contributed by atoms with van der Waals surface area (Å²) in [6, 6.07) is 5.89. The Hall–Kier alpha value is -2.41. The van der Waals surface area contributed by atoms with Gasteiger partial charge < -0.3 is 20.7 Å². The molecular formula is C18H23N3O4. The third-order valence-electron chi connectivity index (χ3n) is 4.50. The molecule has 3 amide bonds.